The number of hydrogen-bond donors (Lipinski definition) is 2. The molecule has 0 aliphatic rings. The van der Waals surface area contributed by atoms with Gasteiger partial charge in [0.05, 0.1) is 22.5 Å². The third-order valence-electron chi connectivity index (χ3n) is 5.31. The summed E-state index contributed by atoms with van der Waals surface area (Å²) in [5.74, 6) is 1.42. The van der Waals surface area contributed by atoms with E-state index in [1.54, 1.807) is 24.3 Å². The fourth-order valence-electron chi connectivity index (χ4n) is 3.51. The minimum absolute atomic E-state index is 0.101. The van der Waals surface area contributed by atoms with Crippen molar-refractivity contribution in [1.29, 1.82) is 0 Å². The molecule has 0 aliphatic heterocycles. The molecule has 7 nitrogen and oxygen atoms in total. The van der Waals surface area contributed by atoms with Gasteiger partial charge >= 0.3 is 0 Å². The highest BCUT2D eigenvalue weighted by Gasteiger charge is 2.12. The Balaban J connectivity index is 1.49. The molecular formula is C26H26ClFN4O3. The van der Waals surface area contributed by atoms with E-state index in [4.69, 9.17) is 26.2 Å². The largest absolute Gasteiger partial charge is 0.491 e. The molecule has 182 valence electrons. The molecule has 4 rings (SSSR count). The van der Waals surface area contributed by atoms with Crippen LogP contribution in [0.3, 0.4) is 0 Å². The molecule has 0 aliphatic carbocycles. The summed E-state index contributed by atoms with van der Waals surface area (Å²) in [7, 11) is 1.92. The maximum Gasteiger partial charge on any atom is 0.145 e. The number of nitrogens with zero attached hydrogens (tertiary/aromatic N) is 3. The first-order valence-corrected chi connectivity index (χ1v) is 11.5. The van der Waals surface area contributed by atoms with Crippen LogP contribution >= 0.6 is 11.6 Å². The topological polar surface area (TPSA) is 79.7 Å². The monoisotopic (exact) mass is 496 g/mol. The van der Waals surface area contributed by atoms with Gasteiger partial charge in [0.15, 0.2) is 0 Å². The number of fused-ring (bicyclic) bond motifs is 1. The molecule has 0 unspecified atom stereocenters. The number of aliphatic hydroxyl groups excluding tert-OH is 1. The van der Waals surface area contributed by atoms with Crippen LogP contribution in [0, 0.1) is 5.82 Å². The van der Waals surface area contributed by atoms with Crippen molar-refractivity contribution in [3.05, 3.63) is 83.4 Å². The molecule has 35 heavy (non-hydrogen) atoms. The Kier molecular flexibility index (Phi) is 8.31. The second kappa shape index (κ2) is 11.8. The summed E-state index contributed by atoms with van der Waals surface area (Å²) in [4.78, 5) is 10.8. The van der Waals surface area contributed by atoms with Crippen molar-refractivity contribution in [2.75, 3.05) is 38.7 Å². The molecule has 0 saturated heterocycles. The Labute approximate surface area is 208 Å². The lowest BCUT2D eigenvalue weighted by Gasteiger charge is -2.17. The summed E-state index contributed by atoms with van der Waals surface area (Å²) in [6, 6.07) is 17.2. The van der Waals surface area contributed by atoms with Gasteiger partial charge in [-0.25, -0.2) is 14.4 Å². The van der Waals surface area contributed by atoms with E-state index in [1.807, 2.05) is 36.2 Å². The Morgan fingerprint density at radius 1 is 1.00 bits per heavy atom. The molecule has 0 atom stereocenters. The highest BCUT2D eigenvalue weighted by atomic mass is 35.5. The Morgan fingerprint density at radius 2 is 1.86 bits per heavy atom. The minimum Gasteiger partial charge on any atom is -0.491 e. The second-order valence-corrected chi connectivity index (χ2v) is 8.34. The molecule has 0 spiro atoms. The number of halogens is 2. The summed E-state index contributed by atoms with van der Waals surface area (Å²) in [6.07, 6.45) is 1.49. The van der Waals surface area contributed by atoms with Crippen molar-refractivity contribution in [2.45, 2.75) is 6.61 Å². The number of likely N-dealkylation sites (N-methyl/N-ethyl adjacent to an activating group) is 1. The van der Waals surface area contributed by atoms with Crippen LogP contribution in [0.4, 0.5) is 15.9 Å². The van der Waals surface area contributed by atoms with E-state index in [9.17, 15) is 4.39 Å². The average Bonchev–Trinajstić information content (AvgIpc) is 2.84. The first-order chi connectivity index (χ1) is 17.0. The first kappa shape index (κ1) is 24.7. The van der Waals surface area contributed by atoms with Crippen molar-refractivity contribution in [3.63, 3.8) is 0 Å². The number of anilines is 2. The van der Waals surface area contributed by atoms with Gasteiger partial charge in [-0.05, 0) is 55.1 Å². The standard InChI is InChI=1S/C26H26ClFN4O3/c1-32(10-12-33)11-13-34-24-7-3-6-22-25(24)26(30-17-29-22)31-20-8-9-23(21(27)15-20)35-16-18-4-2-5-19(28)14-18/h2-9,14-15,17,33H,10-13,16H2,1H3,(H,29,30,31). The van der Waals surface area contributed by atoms with Crippen LogP contribution < -0.4 is 14.8 Å². The Morgan fingerprint density at radius 3 is 2.66 bits per heavy atom. The number of hydrogen-bond acceptors (Lipinski definition) is 7. The lowest BCUT2D eigenvalue weighted by Crippen LogP contribution is -2.27. The second-order valence-electron chi connectivity index (χ2n) is 7.94. The number of aromatic nitrogens is 2. The van der Waals surface area contributed by atoms with Gasteiger partial charge in [-0.15, -0.1) is 0 Å². The van der Waals surface area contributed by atoms with Gasteiger partial charge in [0.2, 0.25) is 0 Å². The molecule has 2 N–H and O–H groups in total. The van der Waals surface area contributed by atoms with Gasteiger partial charge in [0.1, 0.15) is 42.7 Å². The fourth-order valence-corrected chi connectivity index (χ4v) is 3.74. The van der Waals surface area contributed by atoms with E-state index in [-0.39, 0.29) is 19.0 Å². The molecule has 0 bridgehead atoms. The maximum absolute atomic E-state index is 13.4. The SMILES string of the molecule is CN(CCO)CCOc1cccc2ncnc(Nc3ccc(OCc4cccc(F)c4)c(Cl)c3)c12. The highest BCUT2D eigenvalue weighted by molar-refractivity contribution is 6.32. The smallest absolute Gasteiger partial charge is 0.145 e. The lowest BCUT2D eigenvalue weighted by atomic mass is 10.2. The molecule has 0 fully saturated rings. The molecule has 3 aromatic carbocycles. The molecule has 9 heteroatoms. The summed E-state index contributed by atoms with van der Waals surface area (Å²) < 4.78 is 25.2. The minimum atomic E-state index is -0.311. The van der Waals surface area contributed by atoms with Crippen LogP contribution in [-0.4, -0.2) is 53.3 Å². The van der Waals surface area contributed by atoms with E-state index in [0.29, 0.717) is 53.3 Å². The number of benzene rings is 3. The van der Waals surface area contributed by atoms with Crippen molar-refractivity contribution < 1.29 is 19.0 Å². The van der Waals surface area contributed by atoms with Crippen LogP contribution in [0.25, 0.3) is 10.9 Å². The highest BCUT2D eigenvalue weighted by Crippen LogP contribution is 2.34. The van der Waals surface area contributed by atoms with E-state index in [1.165, 1.54) is 18.5 Å². The van der Waals surface area contributed by atoms with E-state index in [2.05, 4.69) is 15.3 Å². The molecule has 0 radical (unpaired) electrons. The number of nitrogens with one attached hydrogen (secondary N) is 1. The Hall–Kier alpha value is -3.46. The predicted molar refractivity (Wildman–Crippen MR) is 135 cm³/mol. The third kappa shape index (κ3) is 6.57. The van der Waals surface area contributed by atoms with E-state index >= 15 is 0 Å². The number of rotatable bonds is 11. The number of ether oxygens (including phenoxy) is 2. The van der Waals surface area contributed by atoms with Gasteiger partial charge in [0.25, 0.3) is 0 Å². The van der Waals surface area contributed by atoms with Crippen LogP contribution in [0.1, 0.15) is 5.56 Å². The molecule has 0 saturated carbocycles. The van der Waals surface area contributed by atoms with Gasteiger partial charge < -0.3 is 24.8 Å². The zero-order chi connectivity index (χ0) is 24.6. The number of aliphatic hydroxyl groups is 1. The van der Waals surface area contributed by atoms with Crippen LogP contribution in [0.5, 0.6) is 11.5 Å². The van der Waals surface area contributed by atoms with E-state index < -0.39 is 0 Å². The molecule has 1 aromatic heterocycles. The summed E-state index contributed by atoms with van der Waals surface area (Å²) in [5, 5.41) is 13.5. The zero-order valence-corrected chi connectivity index (χ0v) is 20.0. The third-order valence-corrected chi connectivity index (χ3v) is 5.61. The summed E-state index contributed by atoms with van der Waals surface area (Å²) in [6.45, 7) is 2.00. The molecule has 0 amide bonds. The van der Waals surface area contributed by atoms with Crippen molar-refractivity contribution in [3.8, 4) is 11.5 Å². The summed E-state index contributed by atoms with van der Waals surface area (Å²) in [5.41, 5.74) is 2.17. The molecular weight excluding hydrogens is 471 g/mol. The van der Waals surface area contributed by atoms with Crippen molar-refractivity contribution in [2.24, 2.45) is 0 Å². The Bertz CT molecular complexity index is 1290. The van der Waals surface area contributed by atoms with E-state index in [0.717, 1.165) is 10.9 Å². The lowest BCUT2D eigenvalue weighted by molar-refractivity contribution is 0.193. The normalized spacial score (nSPS) is 11.1. The van der Waals surface area contributed by atoms with Crippen LogP contribution in [-0.2, 0) is 6.61 Å². The maximum atomic E-state index is 13.4. The van der Waals surface area contributed by atoms with Gasteiger partial charge in [-0.3, -0.25) is 0 Å². The van der Waals surface area contributed by atoms with Gasteiger partial charge in [-0.2, -0.15) is 0 Å². The van der Waals surface area contributed by atoms with Crippen LogP contribution in [0.2, 0.25) is 5.02 Å². The summed E-state index contributed by atoms with van der Waals surface area (Å²) >= 11 is 6.45. The zero-order valence-electron chi connectivity index (χ0n) is 19.2. The fraction of sp³-hybridized carbons (Fsp3) is 0.231. The quantitative estimate of drug-likeness (QED) is 0.301. The van der Waals surface area contributed by atoms with Gasteiger partial charge in [0, 0.05) is 18.8 Å². The first-order valence-electron chi connectivity index (χ1n) is 11.1. The van der Waals surface area contributed by atoms with Gasteiger partial charge in [-0.1, -0.05) is 29.8 Å². The van der Waals surface area contributed by atoms with Crippen LogP contribution in [0.15, 0.2) is 67.0 Å². The van der Waals surface area contributed by atoms with Crippen molar-refractivity contribution >= 4 is 34.0 Å². The predicted octanol–water partition coefficient (Wildman–Crippen LogP) is 5.05. The van der Waals surface area contributed by atoms with Crippen molar-refractivity contribution in [1.82, 2.24) is 14.9 Å². The molecule has 4 aromatic rings. The molecule has 1 heterocycles. The average molecular weight is 497 g/mol.